The summed E-state index contributed by atoms with van der Waals surface area (Å²) in [5.74, 6) is -0.898. The number of halogens is 3. The SMILES string of the molecule is CCCCOC1CCC(C2CCC(OC)C(F)C2F)C(F)C1. The molecule has 22 heavy (non-hydrogen) atoms. The largest absolute Gasteiger partial charge is 0.378 e. The fourth-order valence-electron chi connectivity index (χ4n) is 3.95. The molecule has 0 aromatic heterocycles. The number of methoxy groups -OCH3 is 1. The van der Waals surface area contributed by atoms with Crippen LogP contribution in [0.2, 0.25) is 0 Å². The molecule has 0 aromatic rings. The van der Waals surface area contributed by atoms with E-state index < -0.39 is 30.5 Å². The topological polar surface area (TPSA) is 18.5 Å². The van der Waals surface area contributed by atoms with Crippen molar-refractivity contribution in [1.29, 1.82) is 0 Å². The highest BCUT2D eigenvalue weighted by molar-refractivity contribution is 4.95. The molecule has 0 spiro atoms. The van der Waals surface area contributed by atoms with E-state index in [0.29, 0.717) is 32.3 Å². The molecule has 5 heteroatoms. The van der Waals surface area contributed by atoms with Crippen molar-refractivity contribution >= 4 is 0 Å². The third-order valence-corrected chi connectivity index (χ3v) is 5.33. The first-order valence-electron chi connectivity index (χ1n) is 8.65. The van der Waals surface area contributed by atoms with Crippen LogP contribution in [0.4, 0.5) is 13.2 Å². The van der Waals surface area contributed by atoms with Gasteiger partial charge in [0.05, 0.1) is 12.2 Å². The maximum absolute atomic E-state index is 14.5. The van der Waals surface area contributed by atoms with Gasteiger partial charge in [0.2, 0.25) is 0 Å². The molecule has 0 bridgehead atoms. The second-order valence-electron chi connectivity index (χ2n) is 6.74. The van der Waals surface area contributed by atoms with E-state index in [1.807, 2.05) is 0 Å². The van der Waals surface area contributed by atoms with E-state index in [1.165, 1.54) is 7.11 Å². The Morgan fingerprint density at radius 2 is 1.68 bits per heavy atom. The highest BCUT2D eigenvalue weighted by atomic mass is 19.2. The Kier molecular flexibility index (Phi) is 7.00. The first-order chi connectivity index (χ1) is 10.6. The van der Waals surface area contributed by atoms with Gasteiger partial charge in [0.25, 0.3) is 0 Å². The van der Waals surface area contributed by atoms with Gasteiger partial charge in [-0.15, -0.1) is 0 Å². The summed E-state index contributed by atoms with van der Waals surface area (Å²) in [4.78, 5) is 0. The van der Waals surface area contributed by atoms with Crippen molar-refractivity contribution in [2.45, 2.75) is 82.6 Å². The van der Waals surface area contributed by atoms with E-state index in [-0.39, 0.29) is 12.0 Å². The Hall–Kier alpha value is -0.290. The molecule has 7 unspecified atom stereocenters. The second-order valence-corrected chi connectivity index (χ2v) is 6.74. The molecule has 2 aliphatic rings. The van der Waals surface area contributed by atoms with E-state index in [9.17, 15) is 13.2 Å². The zero-order valence-corrected chi connectivity index (χ0v) is 13.6. The van der Waals surface area contributed by atoms with Gasteiger partial charge in [-0.25, -0.2) is 13.2 Å². The molecule has 2 saturated carbocycles. The van der Waals surface area contributed by atoms with Crippen molar-refractivity contribution in [2.75, 3.05) is 13.7 Å². The molecule has 0 aliphatic heterocycles. The maximum Gasteiger partial charge on any atom is 0.157 e. The van der Waals surface area contributed by atoms with E-state index in [4.69, 9.17) is 9.47 Å². The van der Waals surface area contributed by atoms with Gasteiger partial charge in [-0.3, -0.25) is 0 Å². The van der Waals surface area contributed by atoms with Crippen LogP contribution < -0.4 is 0 Å². The summed E-state index contributed by atoms with van der Waals surface area (Å²) < 4.78 is 53.5. The van der Waals surface area contributed by atoms with Crippen LogP contribution in [0.3, 0.4) is 0 Å². The molecule has 2 rings (SSSR count). The quantitative estimate of drug-likeness (QED) is 0.674. The number of alkyl halides is 3. The van der Waals surface area contributed by atoms with Crippen molar-refractivity contribution in [3.8, 4) is 0 Å². The van der Waals surface area contributed by atoms with Gasteiger partial charge in [0, 0.05) is 20.1 Å². The highest BCUT2D eigenvalue weighted by Gasteiger charge is 2.47. The lowest BCUT2D eigenvalue weighted by molar-refractivity contribution is -0.0917. The van der Waals surface area contributed by atoms with E-state index >= 15 is 0 Å². The molecule has 0 N–H and O–H groups in total. The normalized spacial score (nSPS) is 43.2. The van der Waals surface area contributed by atoms with Crippen molar-refractivity contribution in [2.24, 2.45) is 11.8 Å². The van der Waals surface area contributed by atoms with Crippen LogP contribution in [0.25, 0.3) is 0 Å². The molecule has 0 heterocycles. The average Bonchev–Trinajstić information content (AvgIpc) is 2.51. The Balaban J connectivity index is 1.86. The first kappa shape index (κ1) is 18.1. The smallest absolute Gasteiger partial charge is 0.157 e. The Morgan fingerprint density at radius 3 is 2.32 bits per heavy atom. The van der Waals surface area contributed by atoms with Gasteiger partial charge >= 0.3 is 0 Å². The fraction of sp³-hybridized carbons (Fsp3) is 1.00. The second kappa shape index (κ2) is 8.53. The van der Waals surface area contributed by atoms with Crippen molar-refractivity contribution in [1.82, 2.24) is 0 Å². The van der Waals surface area contributed by atoms with Gasteiger partial charge < -0.3 is 9.47 Å². The number of rotatable bonds is 6. The molecule has 0 radical (unpaired) electrons. The predicted octanol–water partition coefficient (Wildman–Crippen LogP) is 4.41. The third kappa shape index (κ3) is 4.16. The lowest BCUT2D eigenvalue weighted by atomic mass is 9.70. The molecule has 0 aromatic carbocycles. The molecular formula is C17H29F3O2. The van der Waals surface area contributed by atoms with Gasteiger partial charge in [-0.05, 0) is 43.9 Å². The fourth-order valence-corrected chi connectivity index (χ4v) is 3.95. The zero-order chi connectivity index (χ0) is 16.1. The van der Waals surface area contributed by atoms with Crippen LogP contribution in [-0.2, 0) is 9.47 Å². The van der Waals surface area contributed by atoms with Crippen LogP contribution in [-0.4, -0.2) is 44.4 Å². The molecular weight excluding hydrogens is 293 g/mol. The third-order valence-electron chi connectivity index (χ3n) is 5.33. The Morgan fingerprint density at radius 1 is 0.955 bits per heavy atom. The molecule has 2 nitrogen and oxygen atoms in total. The Bertz CT molecular complexity index is 329. The molecule has 130 valence electrons. The lowest BCUT2D eigenvalue weighted by Crippen LogP contribution is -2.48. The maximum atomic E-state index is 14.5. The van der Waals surface area contributed by atoms with Crippen LogP contribution in [0, 0.1) is 11.8 Å². The standard InChI is InChI=1S/C17H29F3O2/c1-3-4-9-22-11-5-6-12(14(18)10-11)13-7-8-15(21-2)17(20)16(13)19/h11-17H,3-10H2,1-2H3. The summed E-state index contributed by atoms with van der Waals surface area (Å²) in [6.45, 7) is 2.75. The minimum absolute atomic E-state index is 0.0626. The van der Waals surface area contributed by atoms with Crippen LogP contribution in [0.1, 0.15) is 51.9 Å². The van der Waals surface area contributed by atoms with Gasteiger partial charge in [0.1, 0.15) is 12.3 Å². The van der Waals surface area contributed by atoms with Crippen molar-refractivity contribution < 1.29 is 22.6 Å². The van der Waals surface area contributed by atoms with Crippen LogP contribution >= 0.6 is 0 Å². The summed E-state index contributed by atoms with van der Waals surface area (Å²) in [6.07, 6.45) is -0.394. The van der Waals surface area contributed by atoms with E-state index in [1.54, 1.807) is 0 Å². The number of hydrogen-bond donors (Lipinski definition) is 0. The summed E-state index contributed by atoms with van der Waals surface area (Å²) in [5, 5.41) is 0. The van der Waals surface area contributed by atoms with Crippen molar-refractivity contribution in [3.05, 3.63) is 0 Å². The highest BCUT2D eigenvalue weighted by Crippen LogP contribution is 2.43. The summed E-state index contributed by atoms with van der Waals surface area (Å²) in [6, 6.07) is 0. The minimum atomic E-state index is -1.63. The first-order valence-corrected chi connectivity index (χ1v) is 8.65. The molecule has 0 saturated heterocycles. The molecule has 2 fully saturated rings. The zero-order valence-electron chi connectivity index (χ0n) is 13.6. The summed E-state index contributed by atoms with van der Waals surface area (Å²) >= 11 is 0. The van der Waals surface area contributed by atoms with E-state index in [0.717, 1.165) is 19.3 Å². The minimum Gasteiger partial charge on any atom is -0.378 e. The number of hydrogen-bond acceptors (Lipinski definition) is 2. The van der Waals surface area contributed by atoms with Gasteiger partial charge in [-0.1, -0.05) is 13.3 Å². The average molecular weight is 322 g/mol. The predicted molar refractivity (Wildman–Crippen MR) is 80.2 cm³/mol. The molecule has 2 aliphatic carbocycles. The lowest BCUT2D eigenvalue weighted by Gasteiger charge is -2.42. The van der Waals surface area contributed by atoms with Crippen LogP contribution in [0.5, 0.6) is 0 Å². The van der Waals surface area contributed by atoms with Crippen LogP contribution in [0.15, 0.2) is 0 Å². The summed E-state index contributed by atoms with van der Waals surface area (Å²) in [5.41, 5.74) is 0. The molecule has 0 amide bonds. The van der Waals surface area contributed by atoms with Crippen molar-refractivity contribution in [3.63, 3.8) is 0 Å². The number of unbranched alkanes of at least 4 members (excludes halogenated alkanes) is 1. The number of ether oxygens (including phenoxy) is 2. The van der Waals surface area contributed by atoms with E-state index in [2.05, 4.69) is 6.92 Å². The van der Waals surface area contributed by atoms with Gasteiger partial charge in [0.15, 0.2) is 6.17 Å². The molecule has 7 atom stereocenters. The Labute approximate surface area is 131 Å². The monoisotopic (exact) mass is 322 g/mol. The van der Waals surface area contributed by atoms with Gasteiger partial charge in [-0.2, -0.15) is 0 Å². The summed E-state index contributed by atoms with van der Waals surface area (Å²) in [7, 11) is 1.40.